The van der Waals surface area contributed by atoms with Gasteiger partial charge in [0.25, 0.3) is 0 Å². The molecule has 0 aliphatic heterocycles. The number of aryl methyl sites for hydroxylation is 1. The molecule has 0 aliphatic carbocycles. The first-order valence-corrected chi connectivity index (χ1v) is 4.75. The molecule has 6 nitrogen and oxygen atoms in total. The van der Waals surface area contributed by atoms with E-state index in [0.29, 0.717) is 5.16 Å². The van der Waals surface area contributed by atoms with E-state index in [1.807, 2.05) is 0 Å². The van der Waals surface area contributed by atoms with Crippen LogP contribution in [-0.4, -0.2) is 42.4 Å². The normalized spacial score (nSPS) is 12.8. The molecule has 0 spiro atoms. The summed E-state index contributed by atoms with van der Waals surface area (Å²) in [7, 11) is 1.67. The van der Waals surface area contributed by atoms with Crippen molar-refractivity contribution in [2.75, 3.05) is 5.75 Å². The number of aliphatic carboxylic acids is 1. The summed E-state index contributed by atoms with van der Waals surface area (Å²) in [5, 5.41) is 18.7. The third-order valence-electron chi connectivity index (χ3n) is 1.21. The summed E-state index contributed by atoms with van der Waals surface area (Å²) in [4.78, 5) is 10.3. The van der Waals surface area contributed by atoms with Crippen LogP contribution in [0.15, 0.2) is 5.16 Å². The van der Waals surface area contributed by atoms with E-state index in [-0.39, 0.29) is 5.75 Å². The molecule has 1 heterocycles. The van der Waals surface area contributed by atoms with Gasteiger partial charge in [-0.05, 0) is 10.4 Å². The van der Waals surface area contributed by atoms with Crippen molar-refractivity contribution in [3.8, 4) is 0 Å². The predicted molar refractivity (Wildman–Crippen MR) is 46.8 cm³/mol. The maximum atomic E-state index is 10.3. The summed E-state index contributed by atoms with van der Waals surface area (Å²) in [6, 6.07) is 0. The van der Waals surface area contributed by atoms with Gasteiger partial charge in [-0.1, -0.05) is 11.8 Å². The van der Waals surface area contributed by atoms with Crippen LogP contribution in [-0.2, 0) is 11.8 Å². The number of rotatable bonds is 4. The Bertz CT molecular complexity index is 304. The lowest BCUT2D eigenvalue weighted by molar-refractivity contribution is -0.136. The van der Waals surface area contributed by atoms with Gasteiger partial charge in [0.15, 0.2) is 0 Å². The molecule has 1 atom stereocenters. The first-order chi connectivity index (χ1) is 6.11. The van der Waals surface area contributed by atoms with Gasteiger partial charge in [0.05, 0.1) is 0 Å². The van der Waals surface area contributed by atoms with Crippen LogP contribution in [0.4, 0.5) is 0 Å². The Kier molecular flexibility index (Phi) is 3.49. The number of carbonyl (C=O) groups is 1. The number of tetrazole rings is 1. The van der Waals surface area contributed by atoms with Crippen LogP contribution < -0.4 is 0 Å². The Labute approximate surface area is 83.3 Å². The van der Waals surface area contributed by atoms with Crippen LogP contribution in [0.1, 0.15) is 0 Å². The van der Waals surface area contributed by atoms with Gasteiger partial charge >= 0.3 is 5.97 Å². The fourth-order valence-corrected chi connectivity index (χ4v) is 1.51. The van der Waals surface area contributed by atoms with Crippen molar-refractivity contribution in [2.24, 2.45) is 7.05 Å². The highest BCUT2D eigenvalue weighted by molar-refractivity contribution is 7.99. The Hall–Kier alpha value is -0.820. The predicted octanol–water partition coefficient (Wildman–Crippen LogP) is -0.00580. The highest BCUT2D eigenvalue weighted by Crippen LogP contribution is 2.15. The van der Waals surface area contributed by atoms with Crippen LogP contribution in [0.2, 0.25) is 0 Å². The van der Waals surface area contributed by atoms with Gasteiger partial charge in [-0.15, -0.1) is 16.7 Å². The molecule has 0 fully saturated rings. The monoisotopic (exact) mass is 222 g/mol. The number of hydrogen-bond donors (Lipinski definition) is 1. The van der Waals surface area contributed by atoms with Crippen LogP contribution in [0.5, 0.6) is 0 Å². The molecule has 0 saturated heterocycles. The van der Waals surface area contributed by atoms with Crippen molar-refractivity contribution in [3.63, 3.8) is 0 Å². The molecule has 0 aliphatic rings. The standard InChI is InChI=1S/C5H7ClN4O2S/c1-10-5(7-8-9-10)13-2-3(6)4(11)12/h3H,2H2,1H3,(H,11,12). The molecule has 8 heteroatoms. The Morgan fingerprint density at radius 1 is 1.85 bits per heavy atom. The maximum absolute atomic E-state index is 10.3. The molecular weight excluding hydrogens is 216 g/mol. The average Bonchev–Trinajstić information content (AvgIpc) is 2.47. The van der Waals surface area contributed by atoms with Gasteiger partial charge in [-0.2, -0.15) is 0 Å². The van der Waals surface area contributed by atoms with E-state index in [9.17, 15) is 4.79 Å². The fourth-order valence-electron chi connectivity index (χ4n) is 0.563. The fraction of sp³-hybridized carbons (Fsp3) is 0.600. The molecule has 1 N–H and O–H groups in total. The van der Waals surface area contributed by atoms with E-state index in [1.54, 1.807) is 7.05 Å². The van der Waals surface area contributed by atoms with E-state index in [1.165, 1.54) is 16.4 Å². The van der Waals surface area contributed by atoms with Crippen molar-refractivity contribution < 1.29 is 9.90 Å². The lowest BCUT2D eigenvalue weighted by Crippen LogP contribution is -2.16. The quantitative estimate of drug-likeness (QED) is 0.570. The highest BCUT2D eigenvalue weighted by Gasteiger charge is 2.15. The van der Waals surface area contributed by atoms with Gasteiger partial charge in [0.1, 0.15) is 5.38 Å². The lowest BCUT2D eigenvalue weighted by Gasteiger charge is -2.01. The Balaban J connectivity index is 2.44. The third kappa shape index (κ3) is 2.85. The molecular formula is C5H7ClN4O2S. The van der Waals surface area contributed by atoms with E-state index >= 15 is 0 Å². The number of hydrogen-bond acceptors (Lipinski definition) is 5. The second kappa shape index (κ2) is 4.43. The third-order valence-corrected chi connectivity index (χ3v) is 2.84. The SMILES string of the molecule is Cn1nnnc1SCC(Cl)C(=O)O. The van der Waals surface area contributed by atoms with Crippen molar-refractivity contribution in [2.45, 2.75) is 10.5 Å². The zero-order valence-electron chi connectivity index (χ0n) is 6.71. The summed E-state index contributed by atoms with van der Waals surface area (Å²) in [5.41, 5.74) is 0. The summed E-state index contributed by atoms with van der Waals surface area (Å²) in [5.74, 6) is -0.797. The molecule has 1 unspecified atom stereocenters. The van der Waals surface area contributed by atoms with E-state index in [0.717, 1.165) is 0 Å². The Morgan fingerprint density at radius 3 is 3.00 bits per heavy atom. The number of thioether (sulfide) groups is 1. The van der Waals surface area contributed by atoms with Gasteiger partial charge in [0, 0.05) is 12.8 Å². The summed E-state index contributed by atoms with van der Waals surface area (Å²) < 4.78 is 1.45. The summed E-state index contributed by atoms with van der Waals surface area (Å²) in [6.45, 7) is 0. The van der Waals surface area contributed by atoms with Gasteiger partial charge in [0.2, 0.25) is 5.16 Å². The number of carboxylic acid groups (broad SMARTS) is 1. The van der Waals surface area contributed by atoms with Gasteiger partial charge in [-0.3, -0.25) is 4.79 Å². The first-order valence-electron chi connectivity index (χ1n) is 3.33. The van der Waals surface area contributed by atoms with Crippen molar-refractivity contribution in [1.29, 1.82) is 0 Å². The van der Waals surface area contributed by atoms with E-state index in [2.05, 4.69) is 15.5 Å². The minimum atomic E-state index is -1.04. The highest BCUT2D eigenvalue weighted by atomic mass is 35.5. The molecule has 13 heavy (non-hydrogen) atoms. The smallest absolute Gasteiger partial charge is 0.322 e. The largest absolute Gasteiger partial charge is 0.480 e. The zero-order valence-corrected chi connectivity index (χ0v) is 8.29. The number of carboxylic acids is 1. The second-order valence-corrected chi connectivity index (χ2v) is 3.72. The molecule has 0 bridgehead atoms. The number of nitrogens with zero attached hydrogens (tertiary/aromatic N) is 4. The number of aromatic nitrogens is 4. The van der Waals surface area contributed by atoms with E-state index < -0.39 is 11.3 Å². The summed E-state index contributed by atoms with van der Waals surface area (Å²) in [6.07, 6.45) is 0. The molecule has 1 aromatic rings. The topological polar surface area (TPSA) is 80.9 Å². The van der Waals surface area contributed by atoms with Crippen molar-refractivity contribution >= 4 is 29.3 Å². The minimum absolute atomic E-state index is 0.241. The van der Waals surface area contributed by atoms with Crippen LogP contribution in [0.3, 0.4) is 0 Å². The van der Waals surface area contributed by atoms with Crippen molar-refractivity contribution in [1.82, 2.24) is 20.2 Å². The Morgan fingerprint density at radius 2 is 2.54 bits per heavy atom. The molecule has 0 amide bonds. The number of halogens is 1. The van der Waals surface area contributed by atoms with Crippen LogP contribution in [0, 0.1) is 0 Å². The average molecular weight is 223 g/mol. The molecule has 72 valence electrons. The molecule has 1 aromatic heterocycles. The second-order valence-electron chi connectivity index (χ2n) is 2.20. The number of alkyl halides is 1. The van der Waals surface area contributed by atoms with Crippen LogP contribution in [0.25, 0.3) is 0 Å². The zero-order chi connectivity index (χ0) is 9.84. The first kappa shape index (κ1) is 10.3. The van der Waals surface area contributed by atoms with Crippen molar-refractivity contribution in [3.05, 3.63) is 0 Å². The minimum Gasteiger partial charge on any atom is -0.480 e. The maximum Gasteiger partial charge on any atom is 0.322 e. The van der Waals surface area contributed by atoms with E-state index in [4.69, 9.17) is 16.7 Å². The molecule has 0 aromatic carbocycles. The lowest BCUT2D eigenvalue weighted by atomic mass is 10.5. The van der Waals surface area contributed by atoms with Gasteiger partial charge in [-0.25, -0.2) is 4.68 Å². The van der Waals surface area contributed by atoms with Gasteiger partial charge < -0.3 is 5.11 Å². The molecule has 1 rings (SSSR count). The molecule has 0 saturated carbocycles. The summed E-state index contributed by atoms with van der Waals surface area (Å²) >= 11 is 6.69. The van der Waals surface area contributed by atoms with Crippen LogP contribution >= 0.6 is 23.4 Å². The molecule has 0 radical (unpaired) electrons.